The molecule has 1 aliphatic rings. The predicted molar refractivity (Wildman–Crippen MR) is 107 cm³/mol. The second-order valence-corrected chi connectivity index (χ2v) is 6.76. The molecule has 26 heavy (non-hydrogen) atoms. The minimum absolute atomic E-state index is 0.723. The van der Waals surface area contributed by atoms with Gasteiger partial charge in [0, 0.05) is 38.8 Å². The summed E-state index contributed by atoms with van der Waals surface area (Å²) in [5, 5.41) is 3.47. The molecule has 6 nitrogen and oxygen atoms in total. The summed E-state index contributed by atoms with van der Waals surface area (Å²) in [5.74, 6) is 2.54. The molecule has 1 heterocycles. The number of rotatable bonds is 9. The third-order valence-electron chi connectivity index (χ3n) is 4.86. The Morgan fingerprint density at radius 3 is 2.62 bits per heavy atom. The summed E-state index contributed by atoms with van der Waals surface area (Å²) in [5.41, 5.74) is 1.10. The van der Waals surface area contributed by atoms with E-state index >= 15 is 0 Å². The minimum Gasteiger partial charge on any atom is -0.497 e. The predicted octanol–water partition coefficient (Wildman–Crippen LogP) is 2.59. The van der Waals surface area contributed by atoms with E-state index in [1.54, 1.807) is 14.2 Å². The largest absolute Gasteiger partial charge is 0.497 e. The molecule has 1 N–H and O–H groups in total. The van der Waals surface area contributed by atoms with Gasteiger partial charge in [0.2, 0.25) is 0 Å². The number of nitrogens with zero attached hydrogens (tertiary/aromatic N) is 3. The molecule has 0 aliphatic carbocycles. The summed E-state index contributed by atoms with van der Waals surface area (Å²) in [6.07, 6.45) is 5.13. The Labute approximate surface area is 158 Å². The fraction of sp³-hybridized carbons (Fsp3) is 0.650. The molecule has 1 saturated heterocycles. The highest BCUT2D eigenvalue weighted by molar-refractivity contribution is 5.79. The van der Waals surface area contributed by atoms with E-state index in [1.807, 2.05) is 32.3 Å². The number of unbranched alkanes of at least 4 members (excludes halogenated alkanes) is 1. The van der Waals surface area contributed by atoms with Crippen LogP contribution in [-0.2, 0) is 6.54 Å². The molecule has 1 fully saturated rings. The molecule has 0 saturated carbocycles. The van der Waals surface area contributed by atoms with Gasteiger partial charge in [-0.3, -0.25) is 4.99 Å². The highest BCUT2D eigenvalue weighted by Gasteiger charge is 2.12. The van der Waals surface area contributed by atoms with Crippen molar-refractivity contribution < 1.29 is 9.47 Å². The molecule has 1 aromatic carbocycles. The zero-order valence-electron chi connectivity index (χ0n) is 16.8. The summed E-state index contributed by atoms with van der Waals surface area (Å²) in [6, 6.07) is 5.91. The highest BCUT2D eigenvalue weighted by Crippen LogP contribution is 2.25. The lowest BCUT2D eigenvalue weighted by Crippen LogP contribution is -2.39. The Morgan fingerprint density at radius 2 is 1.96 bits per heavy atom. The molecule has 6 heteroatoms. The molecule has 1 aromatic rings. The van der Waals surface area contributed by atoms with Gasteiger partial charge in [-0.1, -0.05) is 0 Å². The maximum atomic E-state index is 5.49. The SMILES string of the molecule is CN=C(NCCCCN1CCCC1)N(C)Cc1ccc(OC)cc1OC. The molecule has 0 bridgehead atoms. The average molecular weight is 363 g/mol. The zero-order chi connectivity index (χ0) is 18.8. The zero-order valence-corrected chi connectivity index (χ0v) is 16.8. The summed E-state index contributed by atoms with van der Waals surface area (Å²) < 4.78 is 10.8. The summed E-state index contributed by atoms with van der Waals surface area (Å²) >= 11 is 0. The monoisotopic (exact) mass is 362 g/mol. The van der Waals surface area contributed by atoms with Crippen molar-refractivity contribution >= 4 is 5.96 Å². The first-order valence-electron chi connectivity index (χ1n) is 9.53. The van der Waals surface area contributed by atoms with E-state index in [0.29, 0.717) is 0 Å². The van der Waals surface area contributed by atoms with Gasteiger partial charge in [-0.25, -0.2) is 0 Å². The second kappa shape index (κ2) is 10.9. The van der Waals surface area contributed by atoms with Gasteiger partial charge in [-0.05, 0) is 57.5 Å². The molecule has 0 amide bonds. The van der Waals surface area contributed by atoms with Gasteiger partial charge < -0.3 is 24.6 Å². The molecule has 0 atom stereocenters. The maximum Gasteiger partial charge on any atom is 0.193 e. The van der Waals surface area contributed by atoms with Gasteiger partial charge in [0.1, 0.15) is 11.5 Å². The lowest BCUT2D eigenvalue weighted by Gasteiger charge is -2.23. The van der Waals surface area contributed by atoms with Crippen molar-refractivity contribution in [3.8, 4) is 11.5 Å². The van der Waals surface area contributed by atoms with Crippen LogP contribution in [0.15, 0.2) is 23.2 Å². The van der Waals surface area contributed by atoms with Crippen molar-refractivity contribution in [3.05, 3.63) is 23.8 Å². The molecule has 0 unspecified atom stereocenters. The Kier molecular flexibility index (Phi) is 8.54. The lowest BCUT2D eigenvalue weighted by molar-refractivity contribution is 0.329. The quantitative estimate of drug-likeness (QED) is 0.416. The van der Waals surface area contributed by atoms with E-state index in [1.165, 1.54) is 38.9 Å². The molecule has 0 spiro atoms. The van der Waals surface area contributed by atoms with Gasteiger partial charge >= 0.3 is 0 Å². The maximum absolute atomic E-state index is 5.49. The number of hydrogen-bond acceptors (Lipinski definition) is 4. The third kappa shape index (κ3) is 6.09. The van der Waals surface area contributed by atoms with E-state index in [9.17, 15) is 0 Å². The lowest BCUT2D eigenvalue weighted by atomic mass is 10.2. The number of nitrogens with one attached hydrogen (secondary N) is 1. The van der Waals surface area contributed by atoms with Crippen LogP contribution in [-0.4, -0.2) is 70.3 Å². The number of benzene rings is 1. The number of guanidine groups is 1. The molecular weight excluding hydrogens is 328 g/mol. The van der Waals surface area contributed by atoms with Crippen LogP contribution in [0.4, 0.5) is 0 Å². The minimum atomic E-state index is 0.723. The summed E-state index contributed by atoms with van der Waals surface area (Å²) in [6.45, 7) is 5.45. The van der Waals surface area contributed by atoms with Crippen molar-refractivity contribution in [1.82, 2.24) is 15.1 Å². The molecule has 0 radical (unpaired) electrons. The van der Waals surface area contributed by atoms with Gasteiger partial charge in [-0.2, -0.15) is 0 Å². The first-order valence-corrected chi connectivity index (χ1v) is 9.53. The number of aliphatic imine (C=N–C) groups is 1. The number of likely N-dealkylation sites (tertiary alicyclic amines) is 1. The van der Waals surface area contributed by atoms with Gasteiger partial charge in [0.05, 0.1) is 14.2 Å². The first kappa shape index (κ1) is 20.4. The second-order valence-electron chi connectivity index (χ2n) is 6.76. The number of hydrogen-bond donors (Lipinski definition) is 1. The van der Waals surface area contributed by atoms with Crippen LogP contribution < -0.4 is 14.8 Å². The molecule has 1 aliphatic heterocycles. The smallest absolute Gasteiger partial charge is 0.193 e. The highest BCUT2D eigenvalue weighted by atomic mass is 16.5. The first-order chi connectivity index (χ1) is 12.7. The van der Waals surface area contributed by atoms with Crippen LogP contribution >= 0.6 is 0 Å². The van der Waals surface area contributed by atoms with Crippen molar-refractivity contribution in [1.29, 1.82) is 0 Å². The van der Waals surface area contributed by atoms with E-state index in [-0.39, 0.29) is 0 Å². The van der Waals surface area contributed by atoms with E-state index < -0.39 is 0 Å². The summed E-state index contributed by atoms with van der Waals surface area (Å²) in [4.78, 5) is 9.09. The van der Waals surface area contributed by atoms with Crippen molar-refractivity contribution in [2.45, 2.75) is 32.2 Å². The Hall–Kier alpha value is -1.95. The van der Waals surface area contributed by atoms with E-state index in [4.69, 9.17) is 9.47 Å². The van der Waals surface area contributed by atoms with Crippen molar-refractivity contribution in [2.24, 2.45) is 4.99 Å². The number of ether oxygens (including phenoxy) is 2. The Bertz CT molecular complexity index is 571. The standard InChI is InChI=1S/C20H34N4O2/c1-21-20(22-11-5-6-12-24-13-7-8-14-24)23(2)16-17-9-10-18(25-3)15-19(17)26-4/h9-10,15H,5-8,11-14,16H2,1-4H3,(H,21,22). The van der Waals surface area contributed by atoms with Gasteiger partial charge in [0.25, 0.3) is 0 Å². The van der Waals surface area contributed by atoms with Crippen LogP contribution in [0.5, 0.6) is 11.5 Å². The van der Waals surface area contributed by atoms with Gasteiger partial charge in [0.15, 0.2) is 5.96 Å². The molecule has 146 valence electrons. The van der Waals surface area contributed by atoms with Crippen molar-refractivity contribution in [3.63, 3.8) is 0 Å². The number of methoxy groups -OCH3 is 2. The molecule has 2 rings (SSSR count). The molecular formula is C20H34N4O2. The van der Waals surface area contributed by atoms with Crippen LogP contribution in [0.25, 0.3) is 0 Å². The summed E-state index contributed by atoms with van der Waals surface area (Å²) in [7, 11) is 7.22. The van der Waals surface area contributed by atoms with Crippen LogP contribution in [0.3, 0.4) is 0 Å². The van der Waals surface area contributed by atoms with Crippen molar-refractivity contribution in [2.75, 3.05) is 54.5 Å². The fourth-order valence-corrected chi connectivity index (χ4v) is 3.36. The van der Waals surface area contributed by atoms with Crippen LogP contribution in [0.2, 0.25) is 0 Å². The van der Waals surface area contributed by atoms with Crippen LogP contribution in [0.1, 0.15) is 31.2 Å². The van der Waals surface area contributed by atoms with Gasteiger partial charge in [-0.15, -0.1) is 0 Å². The molecule has 0 aromatic heterocycles. The fourth-order valence-electron chi connectivity index (χ4n) is 3.36. The average Bonchev–Trinajstić information content (AvgIpc) is 3.18. The van der Waals surface area contributed by atoms with E-state index in [0.717, 1.165) is 42.5 Å². The Morgan fingerprint density at radius 1 is 1.19 bits per heavy atom. The Balaban J connectivity index is 1.78. The van der Waals surface area contributed by atoms with E-state index in [2.05, 4.69) is 20.1 Å². The topological polar surface area (TPSA) is 49.3 Å². The normalized spacial score (nSPS) is 15.2. The third-order valence-corrected chi connectivity index (χ3v) is 4.86. The van der Waals surface area contributed by atoms with Crippen LogP contribution in [0, 0.1) is 0 Å².